The highest BCUT2D eigenvalue weighted by Crippen LogP contribution is 2.22. The van der Waals surface area contributed by atoms with Crippen molar-refractivity contribution in [3.63, 3.8) is 0 Å². The first-order valence-corrected chi connectivity index (χ1v) is 10.6. The van der Waals surface area contributed by atoms with Gasteiger partial charge in [0, 0.05) is 32.7 Å². The highest BCUT2D eigenvalue weighted by atomic mass is 32.2. The van der Waals surface area contributed by atoms with Gasteiger partial charge < -0.3 is 11.1 Å². The molecule has 2 rings (SSSR count). The standard InChI is InChI=1S/C16H33N5O2S/c1-20(2)24(22,23)21-12-8-7-11-15(21)13-18-16(17)19-14-9-5-3-4-6-10-14/h14-15H,3-13H2,1-2H3,(H3,17,18,19). The minimum absolute atomic E-state index is 0.0966. The molecule has 0 amide bonds. The third-order valence-corrected chi connectivity index (χ3v) is 7.01. The molecule has 2 aliphatic rings. The van der Waals surface area contributed by atoms with E-state index in [1.165, 1.54) is 30.0 Å². The van der Waals surface area contributed by atoms with E-state index in [-0.39, 0.29) is 6.04 Å². The first-order valence-electron chi connectivity index (χ1n) is 9.17. The fraction of sp³-hybridized carbons (Fsp3) is 0.938. The highest BCUT2D eigenvalue weighted by molar-refractivity contribution is 7.86. The van der Waals surface area contributed by atoms with Crippen molar-refractivity contribution in [1.82, 2.24) is 13.9 Å². The van der Waals surface area contributed by atoms with Crippen LogP contribution in [-0.2, 0) is 10.2 Å². The summed E-state index contributed by atoms with van der Waals surface area (Å²) in [5, 5.41) is 3.32. The highest BCUT2D eigenvalue weighted by Gasteiger charge is 2.33. The van der Waals surface area contributed by atoms with Crippen LogP contribution in [0.1, 0.15) is 57.8 Å². The van der Waals surface area contributed by atoms with Crippen LogP contribution in [0.2, 0.25) is 0 Å². The molecule has 0 aromatic carbocycles. The molecule has 0 spiro atoms. The second-order valence-electron chi connectivity index (χ2n) is 7.11. The Hall–Kier alpha value is -0.860. The van der Waals surface area contributed by atoms with Gasteiger partial charge in [0.05, 0.1) is 6.54 Å². The van der Waals surface area contributed by atoms with Crippen LogP contribution in [0.3, 0.4) is 0 Å². The summed E-state index contributed by atoms with van der Waals surface area (Å²) in [4.78, 5) is 4.45. The van der Waals surface area contributed by atoms with Crippen molar-refractivity contribution in [3.05, 3.63) is 0 Å². The van der Waals surface area contributed by atoms with Crippen LogP contribution in [-0.4, -0.2) is 62.3 Å². The Labute approximate surface area is 146 Å². The Balaban J connectivity index is 1.94. The van der Waals surface area contributed by atoms with Crippen molar-refractivity contribution < 1.29 is 8.42 Å². The van der Waals surface area contributed by atoms with E-state index >= 15 is 0 Å². The smallest absolute Gasteiger partial charge is 0.281 e. The minimum atomic E-state index is -3.39. The van der Waals surface area contributed by atoms with E-state index in [9.17, 15) is 8.42 Å². The van der Waals surface area contributed by atoms with Crippen molar-refractivity contribution in [2.45, 2.75) is 69.9 Å². The summed E-state index contributed by atoms with van der Waals surface area (Å²) in [6, 6.07) is 0.310. The maximum atomic E-state index is 12.5. The topological polar surface area (TPSA) is 91.0 Å². The molecule has 1 unspecified atom stereocenters. The molecule has 0 aromatic rings. The Morgan fingerprint density at radius 1 is 1.12 bits per heavy atom. The number of hydrogen-bond acceptors (Lipinski definition) is 3. The first kappa shape index (κ1) is 19.5. The van der Waals surface area contributed by atoms with Crippen LogP contribution in [0.25, 0.3) is 0 Å². The van der Waals surface area contributed by atoms with E-state index in [0.717, 1.165) is 32.1 Å². The van der Waals surface area contributed by atoms with Gasteiger partial charge in [-0.05, 0) is 25.7 Å². The summed E-state index contributed by atoms with van der Waals surface area (Å²) >= 11 is 0. The van der Waals surface area contributed by atoms with E-state index in [1.807, 2.05) is 0 Å². The van der Waals surface area contributed by atoms with E-state index in [4.69, 9.17) is 5.73 Å². The van der Waals surface area contributed by atoms with Gasteiger partial charge >= 0.3 is 0 Å². The molecule has 1 aliphatic heterocycles. The lowest BCUT2D eigenvalue weighted by Gasteiger charge is -2.35. The second-order valence-corrected chi connectivity index (χ2v) is 9.20. The molecule has 7 nitrogen and oxygen atoms in total. The molecule has 8 heteroatoms. The van der Waals surface area contributed by atoms with Crippen LogP contribution >= 0.6 is 0 Å². The number of rotatable bonds is 5. The van der Waals surface area contributed by atoms with Gasteiger partial charge in [0.15, 0.2) is 5.96 Å². The summed E-state index contributed by atoms with van der Waals surface area (Å²) in [6.45, 7) is 0.995. The number of nitrogens with two attached hydrogens (primary N) is 1. The molecule has 0 aromatic heterocycles. The van der Waals surface area contributed by atoms with Crippen molar-refractivity contribution in [2.75, 3.05) is 27.2 Å². The maximum absolute atomic E-state index is 12.5. The molecular formula is C16H33N5O2S. The predicted molar refractivity (Wildman–Crippen MR) is 98.1 cm³/mol. The molecule has 140 valence electrons. The molecule has 1 saturated heterocycles. The lowest BCUT2D eigenvalue weighted by atomic mass is 10.1. The summed E-state index contributed by atoms with van der Waals surface area (Å²) in [7, 11) is -0.242. The molecule has 24 heavy (non-hydrogen) atoms. The third-order valence-electron chi connectivity index (χ3n) is 5.01. The van der Waals surface area contributed by atoms with Gasteiger partial charge in [0.1, 0.15) is 0 Å². The maximum Gasteiger partial charge on any atom is 0.281 e. The number of guanidine groups is 1. The number of hydrogen-bond donors (Lipinski definition) is 2. The normalized spacial score (nSPS) is 25.6. The molecule has 3 N–H and O–H groups in total. The minimum Gasteiger partial charge on any atom is -0.370 e. The van der Waals surface area contributed by atoms with Gasteiger partial charge in [0.2, 0.25) is 0 Å². The monoisotopic (exact) mass is 359 g/mol. The number of piperidine rings is 1. The summed E-state index contributed by atoms with van der Waals surface area (Å²) in [5.74, 6) is 0.453. The van der Waals surface area contributed by atoms with Crippen molar-refractivity contribution in [3.8, 4) is 0 Å². The zero-order chi connectivity index (χ0) is 17.6. The molecule has 1 heterocycles. The Morgan fingerprint density at radius 2 is 1.75 bits per heavy atom. The number of aliphatic imine (C=N–C) groups is 1. The average molecular weight is 360 g/mol. The van der Waals surface area contributed by atoms with Gasteiger partial charge in [-0.2, -0.15) is 17.0 Å². The molecule has 1 atom stereocenters. The molecular weight excluding hydrogens is 326 g/mol. The predicted octanol–water partition coefficient (Wildman–Crippen LogP) is 1.27. The fourth-order valence-electron chi connectivity index (χ4n) is 3.55. The van der Waals surface area contributed by atoms with Crippen LogP contribution in [0.5, 0.6) is 0 Å². The summed E-state index contributed by atoms with van der Waals surface area (Å²) in [6.07, 6.45) is 10.1. The van der Waals surface area contributed by atoms with Gasteiger partial charge in [-0.15, -0.1) is 0 Å². The number of nitrogens with one attached hydrogen (secondary N) is 1. The second kappa shape index (κ2) is 9.01. The Kier molecular flexibility index (Phi) is 7.31. The average Bonchev–Trinajstić information content (AvgIpc) is 2.81. The van der Waals surface area contributed by atoms with Gasteiger partial charge in [-0.25, -0.2) is 0 Å². The zero-order valence-corrected chi connectivity index (χ0v) is 15.9. The Bertz CT molecular complexity index is 513. The van der Waals surface area contributed by atoms with Crippen LogP contribution < -0.4 is 11.1 Å². The first-order chi connectivity index (χ1) is 11.4. The van der Waals surface area contributed by atoms with E-state index < -0.39 is 10.2 Å². The van der Waals surface area contributed by atoms with Gasteiger partial charge in [-0.1, -0.05) is 32.1 Å². The van der Waals surface area contributed by atoms with E-state index in [1.54, 1.807) is 18.4 Å². The van der Waals surface area contributed by atoms with E-state index in [0.29, 0.717) is 25.1 Å². The SMILES string of the molecule is CN(C)S(=O)(=O)N1CCCCC1CN=C(N)NC1CCCCCC1. The molecule has 1 aliphatic carbocycles. The quantitative estimate of drug-likeness (QED) is 0.439. The summed E-state index contributed by atoms with van der Waals surface area (Å²) < 4.78 is 27.8. The lowest BCUT2D eigenvalue weighted by molar-refractivity contribution is 0.245. The molecule has 0 radical (unpaired) electrons. The van der Waals surface area contributed by atoms with Gasteiger partial charge in [0.25, 0.3) is 10.2 Å². The van der Waals surface area contributed by atoms with Crippen molar-refractivity contribution >= 4 is 16.2 Å². The molecule has 2 fully saturated rings. The van der Waals surface area contributed by atoms with Crippen LogP contribution in [0.4, 0.5) is 0 Å². The third kappa shape index (κ3) is 5.32. The van der Waals surface area contributed by atoms with Gasteiger partial charge in [-0.3, -0.25) is 4.99 Å². The Morgan fingerprint density at radius 3 is 2.38 bits per heavy atom. The van der Waals surface area contributed by atoms with Crippen LogP contribution in [0, 0.1) is 0 Å². The summed E-state index contributed by atoms with van der Waals surface area (Å²) in [5.41, 5.74) is 6.05. The molecule has 1 saturated carbocycles. The zero-order valence-electron chi connectivity index (χ0n) is 15.1. The van der Waals surface area contributed by atoms with Crippen LogP contribution in [0.15, 0.2) is 4.99 Å². The van der Waals surface area contributed by atoms with Crippen molar-refractivity contribution in [2.24, 2.45) is 10.7 Å². The number of nitrogens with zero attached hydrogens (tertiary/aromatic N) is 3. The van der Waals surface area contributed by atoms with Crippen molar-refractivity contribution in [1.29, 1.82) is 0 Å². The fourth-order valence-corrected chi connectivity index (χ4v) is 4.88. The largest absolute Gasteiger partial charge is 0.370 e. The molecule has 0 bridgehead atoms. The van der Waals surface area contributed by atoms with E-state index in [2.05, 4.69) is 10.3 Å². The lowest BCUT2D eigenvalue weighted by Crippen LogP contribution is -2.50.